The number of likely N-dealkylation sites (N-methyl/N-ethyl adjacent to an activating group) is 1. The molecule has 88 valence electrons. The first-order valence-corrected chi connectivity index (χ1v) is 5.37. The van der Waals surface area contributed by atoms with Crippen molar-refractivity contribution in [2.24, 2.45) is 0 Å². The normalized spacial score (nSPS) is 15.9. The molecular formula is C12H17NO3. The van der Waals surface area contributed by atoms with Gasteiger partial charge in [-0.2, -0.15) is 0 Å². The van der Waals surface area contributed by atoms with Crippen molar-refractivity contribution < 1.29 is 14.6 Å². The van der Waals surface area contributed by atoms with Gasteiger partial charge in [0, 0.05) is 12.1 Å². The van der Waals surface area contributed by atoms with Crippen molar-refractivity contribution in [3.05, 3.63) is 28.8 Å². The molecule has 4 nitrogen and oxygen atoms in total. The van der Waals surface area contributed by atoms with Crippen molar-refractivity contribution in [2.45, 2.75) is 19.3 Å². The minimum absolute atomic E-state index is 0.507. The van der Waals surface area contributed by atoms with E-state index >= 15 is 0 Å². The van der Waals surface area contributed by atoms with E-state index in [4.69, 9.17) is 9.47 Å². The van der Waals surface area contributed by atoms with E-state index in [0.717, 1.165) is 22.4 Å². The van der Waals surface area contributed by atoms with Crippen molar-refractivity contribution in [3.8, 4) is 5.75 Å². The Morgan fingerprint density at radius 2 is 2.31 bits per heavy atom. The molecule has 0 radical (unpaired) electrons. The van der Waals surface area contributed by atoms with Gasteiger partial charge >= 0.3 is 0 Å². The highest BCUT2D eigenvalue weighted by Gasteiger charge is 2.23. The van der Waals surface area contributed by atoms with Crippen LogP contribution in [0.1, 0.15) is 22.8 Å². The van der Waals surface area contributed by atoms with Gasteiger partial charge in [-0.25, -0.2) is 0 Å². The number of aliphatic hydroxyl groups is 1. The third kappa shape index (κ3) is 1.91. The largest absolute Gasteiger partial charge is 0.496 e. The van der Waals surface area contributed by atoms with Gasteiger partial charge in [0.15, 0.2) is 0 Å². The van der Waals surface area contributed by atoms with Crippen molar-refractivity contribution in [1.82, 2.24) is 5.32 Å². The standard InChI is InChI=1S/C12H17NO3/c1-13-5-10(14)12-9-7-16-6-8(9)3-4-11(12)15-2/h3-4,10,13-14H,5-7H2,1-2H3. The number of hydrogen-bond donors (Lipinski definition) is 2. The van der Waals surface area contributed by atoms with Crippen molar-refractivity contribution >= 4 is 0 Å². The molecule has 0 aliphatic carbocycles. The minimum atomic E-state index is -0.559. The van der Waals surface area contributed by atoms with Crippen LogP contribution >= 0.6 is 0 Å². The van der Waals surface area contributed by atoms with Crippen LogP contribution in [0.4, 0.5) is 0 Å². The summed E-state index contributed by atoms with van der Waals surface area (Å²) >= 11 is 0. The zero-order valence-corrected chi connectivity index (χ0v) is 9.62. The molecule has 1 aromatic carbocycles. The highest BCUT2D eigenvalue weighted by atomic mass is 16.5. The smallest absolute Gasteiger partial charge is 0.125 e. The van der Waals surface area contributed by atoms with Crippen LogP contribution in [0.15, 0.2) is 12.1 Å². The van der Waals surface area contributed by atoms with E-state index < -0.39 is 6.10 Å². The van der Waals surface area contributed by atoms with Gasteiger partial charge in [0.25, 0.3) is 0 Å². The van der Waals surface area contributed by atoms with Crippen LogP contribution in [-0.2, 0) is 18.0 Å². The second-order valence-electron chi connectivity index (χ2n) is 3.89. The van der Waals surface area contributed by atoms with Gasteiger partial charge < -0.3 is 19.9 Å². The zero-order chi connectivity index (χ0) is 11.5. The molecule has 0 saturated heterocycles. The Kier molecular flexibility index (Phi) is 3.43. The molecule has 1 aliphatic heterocycles. The molecule has 0 aromatic heterocycles. The first-order chi connectivity index (χ1) is 7.77. The van der Waals surface area contributed by atoms with Gasteiger partial charge in [-0.15, -0.1) is 0 Å². The average molecular weight is 223 g/mol. The molecule has 0 fully saturated rings. The Balaban J connectivity index is 2.43. The summed E-state index contributed by atoms with van der Waals surface area (Å²) in [7, 11) is 3.43. The van der Waals surface area contributed by atoms with E-state index in [1.807, 2.05) is 19.2 Å². The number of methoxy groups -OCH3 is 1. The Bertz CT molecular complexity index is 379. The molecule has 1 aromatic rings. The SMILES string of the molecule is CNCC(O)c1c(OC)ccc2c1COC2. The second kappa shape index (κ2) is 4.82. The highest BCUT2D eigenvalue weighted by molar-refractivity contribution is 5.47. The number of ether oxygens (including phenoxy) is 2. The monoisotopic (exact) mass is 223 g/mol. The molecule has 4 heteroatoms. The second-order valence-corrected chi connectivity index (χ2v) is 3.89. The van der Waals surface area contributed by atoms with Crippen LogP contribution in [0, 0.1) is 0 Å². The molecule has 0 bridgehead atoms. The molecule has 16 heavy (non-hydrogen) atoms. The lowest BCUT2D eigenvalue weighted by Gasteiger charge is -2.17. The number of nitrogens with one attached hydrogen (secondary N) is 1. The molecule has 2 N–H and O–H groups in total. The molecule has 1 unspecified atom stereocenters. The predicted molar refractivity (Wildman–Crippen MR) is 60.4 cm³/mol. The van der Waals surface area contributed by atoms with Gasteiger partial charge in [-0.1, -0.05) is 6.07 Å². The topological polar surface area (TPSA) is 50.7 Å². The summed E-state index contributed by atoms with van der Waals surface area (Å²) < 4.78 is 10.7. The number of benzene rings is 1. The van der Waals surface area contributed by atoms with Crippen LogP contribution < -0.4 is 10.1 Å². The molecule has 0 saturated carbocycles. The fraction of sp³-hybridized carbons (Fsp3) is 0.500. The summed E-state index contributed by atoms with van der Waals surface area (Å²) in [4.78, 5) is 0. The van der Waals surface area contributed by atoms with E-state index in [9.17, 15) is 5.11 Å². The Labute approximate surface area is 95.2 Å². The van der Waals surface area contributed by atoms with Crippen molar-refractivity contribution in [2.75, 3.05) is 20.7 Å². The maximum atomic E-state index is 10.1. The molecule has 1 atom stereocenters. The summed E-state index contributed by atoms with van der Waals surface area (Å²) in [6, 6.07) is 3.89. The number of hydrogen-bond acceptors (Lipinski definition) is 4. The summed E-state index contributed by atoms with van der Waals surface area (Å²) in [6.07, 6.45) is -0.559. The Morgan fingerprint density at radius 1 is 1.50 bits per heavy atom. The van der Waals surface area contributed by atoms with Crippen LogP contribution in [0.5, 0.6) is 5.75 Å². The molecule has 0 spiro atoms. The van der Waals surface area contributed by atoms with Gasteiger partial charge in [-0.05, 0) is 24.2 Å². The number of rotatable bonds is 4. The summed E-state index contributed by atoms with van der Waals surface area (Å²) in [5.41, 5.74) is 3.07. The summed E-state index contributed by atoms with van der Waals surface area (Å²) in [5.74, 6) is 0.729. The highest BCUT2D eigenvalue weighted by Crippen LogP contribution is 2.34. The maximum absolute atomic E-state index is 10.1. The molecule has 1 aliphatic rings. The summed E-state index contributed by atoms with van der Waals surface area (Å²) in [5, 5.41) is 13.1. The third-order valence-electron chi connectivity index (χ3n) is 2.87. The molecular weight excluding hydrogens is 206 g/mol. The number of fused-ring (bicyclic) bond motifs is 1. The minimum Gasteiger partial charge on any atom is -0.496 e. The fourth-order valence-electron chi connectivity index (χ4n) is 2.10. The Morgan fingerprint density at radius 3 is 3.00 bits per heavy atom. The molecule has 1 heterocycles. The number of aliphatic hydroxyl groups excluding tert-OH is 1. The van der Waals surface area contributed by atoms with E-state index in [2.05, 4.69) is 5.32 Å². The first kappa shape index (κ1) is 11.4. The average Bonchev–Trinajstić information content (AvgIpc) is 2.75. The third-order valence-corrected chi connectivity index (χ3v) is 2.87. The first-order valence-electron chi connectivity index (χ1n) is 5.37. The van der Waals surface area contributed by atoms with E-state index in [0.29, 0.717) is 19.8 Å². The lowest BCUT2D eigenvalue weighted by Crippen LogP contribution is -2.18. The van der Waals surface area contributed by atoms with E-state index in [1.54, 1.807) is 7.11 Å². The Hall–Kier alpha value is -1.10. The molecule has 0 amide bonds. The van der Waals surface area contributed by atoms with Crippen LogP contribution in [0.2, 0.25) is 0 Å². The van der Waals surface area contributed by atoms with Crippen LogP contribution in [0.3, 0.4) is 0 Å². The van der Waals surface area contributed by atoms with Crippen molar-refractivity contribution in [3.63, 3.8) is 0 Å². The molecule has 2 rings (SSSR count). The van der Waals surface area contributed by atoms with E-state index in [1.165, 1.54) is 0 Å². The summed E-state index contributed by atoms with van der Waals surface area (Å²) in [6.45, 7) is 1.69. The lowest BCUT2D eigenvalue weighted by atomic mass is 9.98. The van der Waals surface area contributed by atoms with Crippen molar-refractivity contribution in [1.29, 1.82) is 0 Å². The quantitative estimate of drug-likeness (QED) is 0.799. The zero-order valence-electron chi connectivity index (χ0n) is 9.62. The van der Waals surface area contributed by atoms with Gasteiger partial charge in [0.1, 0.15) is 5.75 Å². The fourth-order valence-corrected chi connectivity index (χ4v) is 2.10. The van der Waals surface area contributed by atoms with Gasteiger partial charge in [-0.3, -0.25) is 0 Å². The van der Waals surface area contributed by atoms with Gasteiger partial charge in [0.2, 0.25) is 0 Å². The predicted octanol–water partition coefficient (Wildman–Crippen LogP) is 0.978. The maximum Gasteiger partial charge on any atom is 0.125 e. The lowest BCUT2D eigenvalue weighted by molar-refractivity contribution is 0.130. The van der Waals surface area contributed by atoms with Crippen LogP contribution in [0.25, 0.3) is 0 Å². The van der Waals surface area contributed by atoms with Gasteiger partial charge in [0.05, 0.1) is 26.4 Å². The van der Waals surface area contributed by atoms with E-state index in [-0.39, 0.29) is 0 Å². The van der Waals surface area contributed by atoms with Crippen LogP contribution in [-0.4, -0.2) is 25.8 Å².